The molecule has 1 rings (SSSR count). The quantitative estimate of drug-likeness (QED) is 0.444. The maximum absolute atomic E-state index is 10.7. The van der Waals surface area contributed by atoms with Gasteiger partial charge < -0.3 is 10.6 Å². The van der Waals surface area contributed by atoms with Crippen LogP contribution in [0.15, 0.2) is 0 Å². The van der Waals surface area contributed by atoms with Gasteiger partial charge in [-0.25, -0.2) is 9.59 Å². The summed E-state index contributed by atoms with van der Waals surface area (Å²) in [6.45, 7) is 3.83. The molecule has 1 heterocycles. The fourth-order valence-corrected chi connectivity index (χ4v) is 0.890. The molecular formula is C6H12N4O2. The molecule has 4 amide bonds. The summed E-state index contributed by atoms with van der Waals surface area (Å²) in [5, 5.41) is 9.95. The van der Waals surface area contributed by atoms with Crippen molar-refractivity contribution in [1.29, 1.82) is 0 Å². The predicted octanol–water partition coefficient (Wildman–Crippen LogP) is -0.710. The van der Waals surface area contributed by atoms with Gasteiger partial charge in [-0.3, -0.25) is 10.6 Å². The van der Waals surface area contributed by atoms with Gasteiger partial charge in [0.2, 0.25) is 0 Å². The van der Waals surface area contributed by atoms with Gasteiger partial charge in [0.05, 0.1) is 0 Å². The smallest absolute Gasteiger partial charge is 0.305 e. The van der Waals surface area contributed by atoms with Crippen LogP contribution in [0.3, 0.4) is 0 Å². The lowest BCUT2D eigenvalue weighted by Gasteiger charge is -2.27. The summed E-state index contributed by atoms with van der Waals surface area (Å²) in [5.74, 6) is 0. The van der Waals surface area contributed by atoms with Crippen molar-refractivity contribution < 1.29 is 9.59 Å². The highest BCUT2D eigenvalue weighted by Gasteiger charge is 2.21. The van der Waals surface area contributed by atoms with Gasteiger partial charge in [0, 0.05) is 6.04 Å². The van der Waals surface area contributed by atoms with Gasteiger partial charge in [0.15, 0.2) is 6.29 Å². The normalized spacial score (nSPS) is 18.6. The number of nitrogens with one attached hydrogen (secondary N) is 4. The zero-order valence-corrected chi connectivity index (χ0v) is 6.97. The Hall–Kier alpha value is -1.30. The van der Waals surface area contributed by atoms with Crippen LogP contribution < -0.4 is 21.3 Å². The largest absolute Gasteiger partial charge is 0.325 e. The van der Waals surface area contributed by atoms with Crippen molar-refractivity contribution in [3.8, 4) is 0 Å². The second kappa shape index (κ2) is 3.40. The van der Waals surface area contributed by atoms with Crippen LogP contribution >= 0.6 is 0 Å². The predicted molar refractivity (Wildman–Crippen MR) is 42.3 cm³/mol. The molecular weight excluding hydrogens is 160 g/mol. The molecule has 6 nitrogen and oxygen atoms in total. The second-order valence-corrected chi connectivity index (χ2v) is 2.83. The molecule has 1 aliphatic heterocycles. The first-order chi connectivity index (χ1) is 5.58. The third-order valence-corrected chi connectivity index (χ3v) is 1.28. The number of hydrogen-bond acceptors (Lipinski definition) is 3. The van der Waals surface area contributed by atoms with Gasteiger partial charge in [-0.2, -0.15) is 0 Å². The number of rotatable bonds is 2. The average Bonchev–Trinajstić information content (AvgIpc) is 1.81. The molecule has 0 aromatic rings. The van der Waals surface area contributed by atoms with Crippen molar-refractivity contribution in [3.05, 3.63) is 0 Å². The first kappa shape index (κ1) is 8.79. The van der Waals surface area contributed by atoms with Crippen LogP contribution in [-0.4, -0.2) is 24.4 Å². The fraction of sp³-hybridized carbons (Fsp3) is 0.667. The first-order valence-corrected chi connectivity index (χ1v) is 3.72. The molecule has 0 aromatic carbocycles. The van der Waals surface area contributed by atoms with E-state index in [0.717, 1.165) is 0 Å². The summed E-state index contributed by atoms with van der Waals surface area (Å²) in [7, 11) is 0. The minimum Gasteiger partial charge on any atom is -0.305 e. The Morgan fingerprint density at radius 3 is 2.17 bits per heavy atom. The fourth-order valence-electron chi connectivity index (χ4n) is 0.890. The molecule has 0 saturated carbocycles. The molecule has 0 aliphatic carbocycles. The first-order valence-electron chi connectivity index (χ1n) is 3.72. The van der Waals surface area contributed by atoms with E-state index in [9.17, 15) is 9.59 Å². The number of amides is 4. The molecule has 0 aromatic heterocycles. The van der Waals surface area contributed by atoms with Gasteiger partial charge in [-0.15, -0.1) is 0 Å². The molecule has 68 valence electrons. The maximum atomic E-state index is 10.7. The van der Waals surface area contributed by atoms with Crippen LogP contribution in [0.2, 0.25) is 0 Å². The minimum absolute atomic E-state index is 0.189. The standard InChI is InChI=1S/C6H12N4O2/c1-3(2)7-4-8-5(11)10-6(12)9-4/h3-4,7H,1-2H3,(H3,8,9,10,11,12). The van der Waals surface area contributed by atoms with E-state index in [1.54, 1.807) is 0 Å². The van der Waals surface area contributed by atoms with Crippen molar-refractivity contribution in [3.63, 3.8) is 0 Å². The Morgan fingerprint density at radius 1 is 1.25 bits per heavy atom. The van der Waals surface area contributed by atoms with Crippen molar-refractivity contribution in [2.45, 2.75) is 26.2 Å². The van der Waals surface area contributed by atoms with Crippen molar-refractivity contribution in [1.82, 2.24) is 21.3 Å². The zero-order valence-electron chi connectivity index (χ0n) is 6.97. The van der Waals surface area contributed by atoms with Gasteiger partial charge in [-0.05, 0) is 13.8 Å². The Morgan fingerprint density at radius 2 is 1.75 bits per heavy atom. The van der Waals surface area contributed by atoms with Crippen LogP contribution in [0.1, 0.15) is 13.8 Å². The van der Waals surface area contributed by atoms with E-state index in [0.29, 0.717) is 0 Å². The SMILES string of the molecule is CC(C)NC1NC(=O)NC(=O)N1. The van der Waals surface area contributed by atoms with E-state index in [2.05, 4.69) is 16.0 Å². The molecule has 0 bridgehead atoms. The van der Waals surface area contributed by atoms with Crippen LogP contribution in [0.25, 0.3) is 0 Å². The summed E-state index contributed by atoms with van der Waals surface area (Å²) in [6, 6.07) is -0.789. The molecule has 0 radical (unpaired) electrons. The van der Waals surface area contributed by atoms with Gasteiger partial charge >= 0.3 is 12.1 Å². The third-order valence-electron chi connectivity index (χ3n) is 1.28. The molecule has 0 spiro atoms. The van der Waals surface area contributed by atoms with E-state index >= 15 is 0 Å². The van der Waals surface area contributed by atoms with Crippen molar-refractivity contribution in [2.24, 2.45) is 0 Å². The maximum Gasteiger partial charge on any atom is 0.325 e. The van der Waals surface area contributed by atoms with Crippen molar-refractivity contribution in [2.75, 3.05) is 0 Å². The summed E-state index contributed by atoms with van der Waals surface area (Å²) >= 11 is 0. The molecule has 6 heteroatoms. The highest BCUT2D eigenvalue weighted by Crippen LogP contribution is 1.85. The van der Waals surface area contributed by atoms with E-state index in [4.69, 9.17) is 0 Å². The summed E-state index contributed by atoms with van der Waals surface area (Å²) in [6.07, 6.45) is -0.480. The Bertz CT molecular complexity index is 188. The number of carbonyl (C=O) groups is 2. The molecule has 4 N–H and O–H groups in total. The Labute approximate surface area is 70.1 Å². The van der Waals surface area contributed by atoms with E-state index < -0.39 is 18.4 Å². The number of carbonyl (C=O) groups excluding carboxylic acids is 2. The lowest BCUT2D eigenvalue weighted by atomic mass is 10.4. The third kappa shape index (κ3) is 2.39. The van der Waals surface area contributed by atoms with Gasteiger partial charge in [0.1, 0.15) is 0 Å². The number of hydrogen-bond donors (Lipinski definition) is 4. The molecule has 1 aliphatic rings. The van der Waals surface area contributed by atoms with Crippen LogP contribution in [0.5, 0.6) is 0 Å². The average molecular weight is 172 g/mol. The minimum atomic E-state index is -0.489. The molecule has 1 fully saturated rings. The lowest BCUT2D eigenvalue weighted by Crippen LogP contribution is -2.67. The molecule has 0 atom stereocenters. The monoisotopic (exact) mass is 172 g/mol. The Kier molecular flexibility index (Phi) is 2.49. The molecule has 1 saturated heterocycles. The highest BCUT2D eigenvalue weighted by molar-refractivity contribution is 5.95. The Balaban J connectivity index is 2.44. The summed E-state index contributed by atoms with van der Waals surface area (Å²) < 4.78 is 0. The molecule has 0 unspecified atom stereocenters. The van der Waals surface area contributed by atoms with Gasteiger partial charge in [-0.1, -0.05) is 0 Å². The summed E-state index contributed by atoms with van der Waals surface area (Å²) in [4.78, 5) is 21.5. The van der Waals surface area contributed by atoms with E-state index in [1.807, 2.05) is 19.2 Å². The van der Waals surface area contributed by atoms with Crippen LogP contribution in [-0.2, 0) is 0 Å². The topological polar surface area (TPSA) is 82.3 Å². The highest BCUT2D eigenvalue weighted by atomic mass is 16.2. The van der Waals surface area contributed by atoms with E-state index in [1.165, 1.54) is 0 Å². The van der Waals surface area contributed by atoms with Crippen molar-refractivity contribution >= 4 is 12.1 Å². The number of urea groups is 2. The summed E-state index contributed by atoms with van der Waals surface area (Å²) in [5.41, 5.74) is 0. The zero-order chi connectivity index (χ0) is 9.14. The second-order valence-electron chi connectivity index (χ2n) is 2.83. The van der Waals surface area contributed by atoms with E-state index in [-0.39, 0.29) is 6.04 Å². The van der Waals surface area contributed by atoms with Crippen LogP contribution in [0.4, 0.5) is 9.59 Å². The lowest BCUT2D eigenvalue weighted by molar-refractivity contribution is 0.201. The van der Waals surface area contributed by atoms with Gasteiger partial charge in [0.25, 0.3) is 0 Å². The number of imide groups is 1. The van der Waals surface area contributed by atoms with Crippen LogP contribution in [0, 0.1) is 0 Å². The molecule has 12 heavy (non-hydrogen) atoms.